The zero-order valence-electron chi connectivity index (χ0n) is 9.66. The van der Waals surface area contributed by atoms with Crippen molar-refractivity contribution in [3.8, 4) is 0 Å². The van der Waals surface area contributed by atoms with E-state index in [0.717, 1.165) is 12.8 Å². The lowest BCUT2D eigenvalue weighted by molar-refractivity contribution is -0.0757. The van der Waals surface area contributed by atoms with Crippen LogP contribution in [0.1, 0.15) is 29.4 Å². The maximum absolute atomic E-state index is 11.9. The van der Waals surface area contributed by atoms with E-state index in [2.05, 4.69) is 4.98 Å². The van der Waals surface area contributed by atoms with Crippen LogP contribution in [0, 0.1) is 0 Å². The smallest absolute Gasteiger partial charge is 0.274 e. The summed E-state index contributed by atoms with van der Waals surface area (Å²) in [4.78, 5) is 20.9. The van der Waals surface area contributed by atoms with Crippen molar-refractivity contribution < 1.29 is 9.63 Å². The van der Waals surface area contributed by atoms with Crippen LogP contribution >= 0.6 is 11.6 Å². The molecule has 88 valence electrons. The molecule has 0 saturated carbocycles. The van der Waals surface area contributed by atoms with Gasteiger partial charge in [0.2, 0.25) is 0 Å². The molecule has 1 aromatic heterocycles. The Morgan fingerprint density at radius 1 is 1.56 bits per heavy atom. The van der Waals surface area contributed by atoms with E-state index in [1.807, 2.05) is 6.92 Å². The first-order valence-electron chi connectivity index (χ1n) is 5.07. The highest BCUT2D eigenvalue weighted by Crippen LogP contribution is 2.15. The number of pyridine rings is 1. The number of nitrogens with zero attached hydrogens (tertiary/aromatic N) is 2. The fraction of sp³-hybridized carbons (Fsp3) is 0.455. The van der Waals surface area contributed by atoms with Gasteiger partial charge in [-0.1, -0.05) is 24.9 Å². The molecule has 5 heteroatoms. The van der Waals surface area contributed by atoms with Crippen LogP contribution in [0.3, 0.4) is 0 Å². The molecular weight excluding hydrogens is 228 g/mol. The molecule has 16 heavy (non-hydrogen) atoms. The highest BCUT2D eigenvalue weighted by molar-refractivity contribution is 6.29. The van der Waals surface area contributed by atoms with Crippen molar-refractivity contribution in [1.82, 2.24) is 10.0 Å². The Balaban J connectivity index is 3.06. The van der Waals surface area contributed by atoms with Crippen molar-refractivity contribution in [2.75, 3.05) is 14.2 Å². The van der Waals surface area contributed by atoms with Gasteiger partial charge in [0.15, 0.2) is 0 Å². The Bertz CT molecular complexity index is 382. The molecule has 0 aliphatic heterocycles. The van der Waals surface area contributed by atoms with Gasteiger partial charge in [0, 0.05) is 7.05 Å². The van der Waals surface area contributed by atoms with Crippen molar-refractivity contribution in [1.29, 1.82) is 0 Å². The van der Waals surface area contributed by atoms with E-state index in [1.54, 1.807) is 19.2 Å². The van der Waals surface area contributed by atoms with E-state index in [1.165, 1.54) is 12.2 Å². The lowest BCUT2D eigenvalue weighted by Crippen LogP contribution is -2.26. The second-order valence-electron chi connectivity index (χ2n) is 3.36. The summed E-state index contributed by atoms with van der Waals surface area (Å²) >= 11 is 5.80. The Kier molecular flexibility index (Phi) is 4.71. The molecule has 0 radical (unpaired) electrons. The van der Waals surface area contributed by atoms with Crippen LogP contribution in [0.2, 0.25) is 5.15 Å². The van der Waals surface area contributed by atoms with Crippen LogP contribution in [0.4, 0.5) is 0 Å². The first-order valence-corrected chi connectivity index (χ1v) is 5.45. The van der Waals surface area contributed by atoms with E-state index in [0.29, 0.717) is 16.4 Å². The largest absolute Gasteiger partial charge is 0.278 e. The van der Waals surface area contributed by atoms with Crippen molar-refractivity contribution in [3.63, 3.8) is 0 Å². The molecule has 0 fully saturated rings. The zero-order chi connectivity index (χ0) is 12.1. The maximum atomic E-state index is 11.9. The predicted molar refractivity (Wildman–Crippen MR) is 62.3 cm³/mol. The highest BCUT2D eigenvalue weighted by atomic mass is 35.5. The maximum Gasteiger partial charge on any atom is 0.278 e. The molecule has 0 N–H and O–H groups in total. The lowest BCUT2D eigenvalue weighted by Gasteiger charge is -2.15. The summed E-state index contributed by atoms with van der Waals surface area (Å²) < 4.78 is 0. The highest BCUT2D eigenvalue weighted by Gasteiger charge is 2.16. The zero-order valence-corrected chi connectivity index (χ0v) is 10.4. The van der Waals surface area contributed by atoms with Crippen LogP contribution < -0.4 is 0 Å². The molecule has 1 heterocycles. The van der Waals surface area contributed by atoms with Crippen molar-refractivity contribution >= 4 is 17.5 Å². The van der Waals surface area contributed by atoms with Gasteiger partial charge in [0.1, 0.15) is 5.15 Å². The van der Waals surface area contributed by atoms with E-state index in [4.69, 9.17) is 16.4 Å². The van der Waals surface area contributed by atoms with Crippen molar-refractivity contribution in [3.05, 3.63) is 28.5 Å². The van der Waals surface area contributed by atoms with E-state index >= 15 is 0 Å². The number of hydrogen-bond acceptors (Lipinski definition) is 3. The molecule has 0 aliphatic carbocycles. The minimum Gasteiger partial charge on any atom is -0.274 e. The number of aromatic nitrogens is 1. The van der Waals surface area contributed by atoms with Crippen LogP contribution in [0.5, 0.6) is 0 Å². The molecule has 1 amide bonds. The molecule has 0 atom stereocenters. The SMILES string of the molecule is CCCc1nc(Cl)ccc1C(=O)N(C)OC. The lowest BCUT2D eigenvalue weighted by atomic mass is 10.1. The number of amides is 1. The standard InChI is InChI=1S/C11H15ClN2O2/c1-4-5-9-8(6-7-10(12)13-9)11(15)14(2)16-3/h6-7H,4-5H2,1-3H3. The van der Waals surface area contributed by atoms with Gasteiger partial charge >= 0.3 is 0 Å². The molecule has 0 spiro atoms. The topological polar surface area (TPSA) is 42.4 Å². The van der Waals surface area contributed by atoms with Crippen LogP contribution in [-0.2, 0) is 11.3 Å². The summed E-state index contributed by atoms with van der Waals surface area (Å²) in [7, 11) is 3.01. The Morgan fingerprint density at radius 2 is 2.25 bits per heavy atom. The third-order valence-electron chi connectivity index (χ3n) is 2.22. The van der Waals surface area contributed by atoms with Gasteiger partial charge in [-0.2, -0.15) is 0 Å². The summed E-state index contributed by atoms with van der Waals surface area (Å²) in [6.07, 6.45) is 1.63. The Hall–Kier alpha value is -1.13. The van der Waals surface area contributed by atoms with Gasteiger partial charge in [-0.05, 0) is 18.6 Å². The summed E-state index contributed by atoms with van der Waals surface area (Å²) in [6, 6.07) is 3.29. The molecule has 0 unspecified atom stereocenters. The second kappa shape index (κ2) is 5.82. The molecule has 0 aromatic carbocycles. The fourth-order valence-corrected chi connectivity index (χ4v) is 1.51. The summed E-state index contributed by atoms with van der Waals surface area (Å²) in [5, 5.41) is 1.57. The third kappa shape index (κ3) is 2.93. The average molecular weight is 243 g/mol. The van der Waals surface area contributed by atoms with Gasteiger partial charge < -0.3 is 0 Å². The van der Waals surface area contributed by atoms with Gasteiger partial charge in [-0.25, -0.2) is 10.0 Å². The van der Waals surface area contributed by atoms with Crippen LogP contribution in [0.15, 0.2) is 12.1 Å². The number of hydroxylamine groups is 2. The van der Waals surface area contributed by atoms with Crippen molar-refractivity contribution in [2.45, 2.75) is 19.8 Å². The first-order chi connectivity index (χ1) is 7.60. The number of carbonyl (C=O) groups excluding carboxylic acids is 1. The number of carbonyl (C=O) groups is 1. The third-order valence-corrected chi connectivity index (χ3v) is 2.43. The summed E-state index contributed by atoms with van der Waals surface area (Å²) in [5.41, 5.74) is 1.25. The van der Waals surface area contributed by atoms with Crippen LogP contribution in [0.25, 0.3) is 0 Å². The van der Waals surface area contributed by atoms with E-state index in [-0.39, 0.29) is 5.91 Å². The monoisotopic (exact) mass is 242 g/mol. The van der Waals surface area contributed by atoms with Crippen molar-refractivity contribution in [2.24, 2.45) is 0 Å². The number of rotatable bonds is 4. The second-order valence-corrected chi connectivity index (χ2v) is 3.75. The minimum atomic E-state index is -0.213. The number of hydrogen-bond donors (Lipinski definition) is 0. The first kappa shape index (κ1) is 12.9. The molecule has 0 aliphatic rings. The Labute approximate surface area is 100 Å². The molecule has 4 nitrogen and oxygen atoms in total. The van der Waals surface area contributed by atoms with E-state index < -0.39 is 0 Å². The molecule has 0 saturated heterocycles. The van der Waals surface area contributed by atoms with Gasteiger partial charge in [0.05, 0.1) is 18.4 Å². The summed E-state index contributed by atoms with van der Waals surface area (Å²) in [6.45, 7) is 2.02. The average Bonchev–Trinajstić information content (AvgIpc) is 2.28. The Morgan fingerprint density at radius 3 is 2.81 bits per heavy atom. The van der Waals surface area contributed by atoms with Gasteiger partial charge in [-0.15, -0.1) is 0 Å². The molecule has 1 rings (SSSR count). The predicted octanol–water partition coefficient (Wildman–Crippen LogP) is 2.32. The molecule has 0 bridgehead atoms. The number of aryl methyl sites for hydroxylation is 1. The van der Waals surface area contributed by atoms with Gasteiger partial charge in [-0.3, -0.25) is 9.63 Å². The minimum absolute atomic E-state index is 0.213. The quantitative estimate of drug-likeness (QED) is 0.601. The fourth-order valence-electron chi connectivity index (χ4n) is 1.35. The molecule has 1 aromatic rings. The van der Waals surface area contributed by atoms with E-state index in [9.17, 15) is 4.79 Å². The van der Waals surface area contributed by atoms with Crippen LogP contribution in [-0.4, -0.2) is 30.1 Å². The molecular formula is C11H15ClN2O2. The number of halogens is 1. The normalized spacial score (nSPS) is 10.2. The summed E-state index contributed by atoms with van der Waals surface area (Å²) in [5.74, 6) is -0.213. The van der Waals surface area contributed by atoms with Gasteiger partial charge in [0.25, 0.3) is 5.91 Å².